The number of hydrogen-bond donors (Lipinski definition) is 1. The van der Waals surface area contributed by atoms with Crippen LogP contribution in [-0.2, 0) is 25.0 Å². The fraction of sp³-hybridized carbons (Fsp3) is 0.280. The summed E-state index contributed by atoms with van der Waals surface area (Å²) >= 11 is 7.68. The third-order valence-electron chi connectivity index (χ3n) is 5.69. The van der Waals surface area contributed by atoms with Crippen LogP contribution < -0.4 is 10.3 Å². The minimum Gasteiger partial charge on any atom is -0.485 e. The van der Waals surface area contributed by atoms with E-state index < -0.39 is 40.1 Å². The number of halogens is 3. The van der Waals surface area contributed by atoms with Crippen molar-refractivity contribution in [3.8, 4) is 22.1 Å². The fourth-order valence-corrected chi connectivity index (χ4v) is 4.98. The zero-order valence-electron chi connectivity index (χ0n) is 21.2. The number of hydrogen-bond acceptors (Lipinski definition) is 7. The Hall–Kier alpha value is -3.21. The van der Waals surface area contributed by atoms with Crippen LogP contribution in [0.25, 0.3) is 16.4 Å². The molecule has 4 aromatic rings. The summed E-state index contributed by atoms with van der Waals surface area (Å²) < 4.78 is 50.6. The maximum absolute atomic E-state index is 14.2. The molecule has 0 saturated carbocycles. The van der Waals surface area contributed by atoms with E-state index in [1.54, 1.807) is 31.5 Å². The van der Waals surface area contributed by atoms with Gasteiger partial charge in [-0.25, -0.2) is 13.8 Å². The summed E-state index contributed by atoms with van der Waals surface area (Å²) in [6.45, 7) is 0.433. The number of aryl methyl sites for hydroxylation is 2. The van der Waals surface area contributed by atoms with Crippen LogP contribution in [0.2, 0.25) is 5.02 Å². The van der Waals surface area contributed by atoms with Gasteiger partial charge in [-0.1, -0.05) is 11.6 Å². The molecular weight excluding hydrogens is 510 g/mol. The normalized spacial score (nSPS) is 14.4. The number of nitrogens with zero attached hydrogens (tertiary/aromatic N) is 4. The zero-order chi connectivity index (χ0) is 27.4. The second-order valence-electron chi connectivity index (χ2n) is 8.79. The van der Waals surface area contributed by atoms with E-state index in [0.717, 1.165) is 5.56 Å². The largest absolute Gasteiger partial charge is 0.485 e. The van der Waals surface area contributed by atoms with Gasteiger partial charge >= 0.3 is 0 Å². The van der Waals surface area contributed by atoms with Crippen molar-refractivity contribution in [2.75, 3.05) is 0 Å². The van der Waals surface area contributed by atoms with Gasteiger partial charge in [-0.05, 0) is 44.7 Å². The first-order valence-corrected chi connectivity index (χ1v) is 12.2. The van der Waals surface area contributed by atoms with Gasteiger partial charge in [0.05, 0.1) is 20.3 Å². The molecule has 0 atom stereocenters. The van der Waals surface area contributed by atoms with Crippen molar-refractivity contribution < 1.29 is 21.4 Å². The summed E-state index contributed by atoms with van der Waals surface area (Å²) in [5.41, 5.74) is 0.323. The Balaban J connectivity index is 1.58. The van der Waals surface area contributed by atoms with Gasteiger partial charge in [0.2, 0.25) is 0 Å². The molecule has 0 aromatic carbocycles. The molecule has 7 nitrogen and oxygen atoms in total. The van der Waals surface area contributed by atoms with E-state index >= 15 is 0 Å². The molecule has 36 heavy (non-hydrogen) atoms. The van der Waals surface area contributed by atoms with Gasteiger partial charge in [-0.15, -0.1) is 11.3 Å². The maximum Gasteiger partial charge on any atom is 0.277 e. The van der Waals surface area contributed by atoms with Crippen LogP contribution in [0.3, 0.4) is 0 Å². The van der Waals surface area contributed by atoms with Crippen molar-refractivity contribution in [3.63, 3.8) is 0 Å². The van der Waals surface area contributed by atoms with Crippen molar-refractivity contribution in [1.29, 1.82) is 0 Å². The van der Waals surface area contributed by atoms with Crippen LogP contribution in [0.1, 0.15) is 45.7 Å². The van der Waals surface area contributed by atoms with Gasteiger partial charge in [0.1, 0.15) is 45.1 Å². The highest BCUT2D eigenvalue weighted by Gasteiger charge is 2.24. The Bertz CT molecular complexity index is 1620. The summed E-state index contributed by atoms with van der Waals surface area (Å²) in [7, 11) is 0. The van der Waals surface area contributed by atoms with Gasteiger partial charge in [0.25, 0.3) is 5.56 Å². The van der Waals surface area contributed by atoms with Crippen molar-refractivity contribution in [1.82, 2.24) is 19.5 Å². The monoisotopic (exact) mass is 532 g/mol. The second-order valence-corrected chi connectivity index (χ2v) is 10.0. The van der Waals surface area contributed by atoms with Gasteiger partial charge in [0.15, 0.2) is 5.82 Å². The summed E-state index contributed by atoms with van der Waals surface area (Å²) in [6.07, 6.45) is 4.07. The first kappa shape index (κ1) is 22.0. The quantitative estimate of drug-likeness (QED) is 0.390. The second kappa shape index (κ2) is 9.34. The number of fused-ring (bicyclic) bond motifs is 3. The molecule has 1 N–H and O–H groups in total. The first-order chi connectivity index (χ1) is 17.8. The molecule has 0 unspecified atom stereocenters. The van der Waals surface area contributed by atoms with E-state index in [4.69, 9.17) is 19.1 Å². The van der Waals surface area contributed by atoms with Crippen molar-refractivity contribution in [2.24, 2.45) is 0 Å². The smallest absolute Gasteiger partial charge is 0.277 e. The number of pyridine rings is 3. The van der Waals surface area contributed by atoms with Crippen LogP contribution in [0.15, 0.2) is 40.8 Å². The zero-order valence-corrected chi connectivity index (χ0v) is 20.8. The molecule has 5 rings (SSSR count). The number of aromatic nitrogens is 4. The van der Waals surface area contributed by atoms with Crippen molar-refractivity contribution >= 4 is 22.9 Å². The molecule has 0 amide bonds. The Labute approximate surface area is 216 Å². The highest BCUT2D eigenvalue weighted by atomic mass is 35.5. The minimum absolute atomic E-state index is 0.286. The van der Waals surface area contributed by atoms with Crippen LogP contribution >= 0.6 is 22.9 Å². The number of aliphatic hydroxyl groups is 1. The third kappa shape index (κ3) is 4.63. The predicted molar refractivity (Wildman–Crippen MR) is 132 cm³/mol. The predicted octanol–water partition coefficient (Wildman–Crippen LogP) is 4.98. The molecule has 5 heterocycles. The molecule has 11 heteroatoms. The van der Waals surface area contributed by atoms with E-state index in [1.807, 2.05) is 0 Å². The van der Waals surface area contributed by atoms with Crippen LogP contribution in [0, 0.1) is 11.6 Å². The molecule has 0 bridgehead atoms. The Morgan fingerprint density at radius 1 is 1.25 bits per heavy atom. The van der Waals surface area contributed by atoms with Gasteiger partial charge in [-0.2, -0.15) is 0 Å². The molecule has 0 radical (unpaired) electrons. The SMILES string of the molecule is [2H]C([2H])(Oc1cc2n(c(=O)c1Cl)-c1cc(-c3nc(C(C)(C)O)cs3)ncc1CCC2)c1ncc(F)cc1F. The fourth-order valence-electron chi connectivity index (χ4n) is 3.85. The summed E-state index contributed by atoms with van der Waals surface area (Å²) in [5.74, 6) is -2.49. The van der Waals surface area contributed by atoms with E-state index in [9.17, 15) is 18.7 Å². The van der Waals surface area contributed by atoms with Crippen LogP contribution in [0.4, 0.5) is 8.78 Å². The first-order valence-electron chi connectivity index (χ1n) is 12.0. The Morgan fingerprint density at radius 3 is 2.78 bits per heavy atom. The average Bonchev–Trinajstić information content (AvgIpc) is 3.26. The average molecular weight is 533 g/mol. The minimum atomic E-state index is -2.84. The molecule has 1 aliphatic rings. The molecule has 1 aliphatic heterocycles. The molecule has 0 spiro atoms. The molecule has 0 saturated heterocycles. The Kier molecular flexibility index (Phi) is 5.72. The Morgan fingerprint density at radius 2 is 2.06 bits per heavy atom. The summed E-state index contributed by atoms with van der Waals surface area (Å²) in [6, 6.07) is 3.66. The highest BCUT2D eigenvalue weighted by Crippen LogP contribution is 2.33. The van der Waals surface area contributed by atoms with Gasteiger partial charge in [0, 0.05) is 29.4 Å². The van der Waals surface area contributed by atoms with Crippen molar-refractivity contribution in [3.05, 3.63) is 85.6 Å². The molecular formula is C25H21ClF2N4O3S. The number of thiazole rings is 1. The highest BCUT2D eigenvalue weighted by molar-refractivity contribution is 7.13. The lowest BCUT2D eigenvalue weighted by molar-refractivity contribution is 0.0746. The van der Waals surface area contributed by atoms with Crippen LogP contribution in [-0.4, -0.2) is 24.6 Å². The third-order valence-corrected chi connectivity index (χ3v) is 6.90. The summed E-state index contributed by atoms with van der Waals surface area (Å²) in [4.78, 5) is 26.0. The number of ether oxygens (including phenoxy) is 1. The van der Waals surface area contributed by atoms with E-state index in [2.05, 4.69) is 15.0 Å². The number of rotatable bonds is 5. The van der Waals surface area contributed by atoms with Gasteiger partial charge < -0.3 is 9.84 Å². The molecule has 186 valence electrons. The molecule has 0 aliphatic carbocycles. The maximum atomic E-state index is 14.2. The lowest BCUT2D eigenvalue weighted by atomic mass is 10.1. The van der Waals surface area contributed by atoms with Crippen LogP contribution in [0.5, 0.6) is 5.75 Å². The standard InChI is InChI=1S/C25H21ClF2N4O3S/c1-25(2,34)21-12-36-23(31-21)17-8-19-13(9-29-17)4-3-5-15-7-20(22(26)24(33)32(15)19)35-11-18-16(28)6-14(27)10-30-18/h6-10,12,34H,3-5,11H2,1-2H3/i11D2. The molecule has 4 aromatic heterocycles. The lowest BCUT2D eigenvalue weighted by Crippen LogP contribution is -2.23. The van der Waals surface area contributed by atoms with Crippen molar-refractivity contribution in [2.45, 2.75) is 45.3 Å². The van der Waals surface area contributed by atoms with E-state index in [0.29, 0.717) is 59.3 Å². The topological polar surface area (TPSA) is 90.1 Å². The van der Waals surface area contributed by atoms with E-state index in [-0.39, 0.29) is 5.75 Å². The summed E-state index contributed by atoms with van der Waals surface area (Å²) in [5, 5.41) is 12.2. The molecule has 0 fully saturated rings. The lowest BCUT2D eigenvalue weighted by Gasteiger charge is -2.16. The van der Waals surface area contributed by atoms with E-state index in [1.165, 1.54) is 22.0 Å². The van der Waals surface area contributed by atoms with Gasteiger partial charge in [-0.3, -0.25) is 19.3 Å².